The summed E-state index contributed by atoms with van der Waals surface area (Å²) in [5, 5.41) is 16.6. The molecule has 1 amide bonds. The van der Waals surface area contributed by atoms with Gasteiger partial charge in [-0.1, -0.05) is 23.8 Å². The summed E-state index contributed by atoms with van der Waals surface area (Å²) in [5.74, 6) is 2.21. The van der Waals surface area contributed by atoms with Gasteiger partial charge in [-0.2, -0.15) is 4.98 Å². The molecule has 0 fully saturated rings. The molecule has 0 atom stereocenters. The van der Waals surface area contributed by atoms with E-state index in [2.05, 4.69) is 35.6 Å². The van der Waals surface area contributed by atoms with Gasteiger partial charge in [0.1, 0.15) is 5.82 Å². The third-order valence-corrected chi connectivity index (χ3v) is 4.46. The van der Waals surface area contributed by atoms with Crippen LogP contribution in [0.1, 0.15) is 30.9 Å². The van der Waals surface area contributed by atoms with Crippen molar-refractivity contribution in [3.8, 4) is 0 Å². The zero-order valence-corrected chi connectivity index (χ0v) is 14.5. The average Bonchev–Trinajstić information content (AvgIpc) is 3.32. The lowest BCUT2D eigenvalue weighted by atomic mass is 10.3. The van der Waals surface area contributed by atoms with E-state index in [1.54, 1.807) is 11.6 Å². The molecule has 0 spiro atoms. The second-order valence-electron chi connectivity index (χ2n) is 4.70. The van der Waals surface area contributed by atoms with E-state index in [1.165, 1.54) is 23.1 Å². The second-order valence-corrected chi connectivity index (χ2v) is 6.53. The minimum absolute atomic E-state index is 0.133. The van der Waals surface area contributed by atoms with Gasteiger partial charge in [0.25, 0.3) is 0 Å². The van der Waals surface area contributed by atoms with Gasteiger partial charge < -0.3 is 9.84 Å². The summed E-state index contributed by atoms with van der Waals surface area (Å²) >= 11 is 2.80. The fourth-order valence-electron chi connectivity index (χ4n) is 1.77. The number of nitrogens with zero attached hydrogens (tertiary/aromatic N) is 5. The van der Waals surface area contributed by atoms with Gasteiger partial charge in [0.15, 0.2) is 11.0 Å². The van der Waals surface area contributed by atoms with Crippen LogP contribution in [0, 0.1) is 0 Å². The Kier molecular flexibility index (Phi) is 5.54. The van der Waals surface area contributed by atoms with E-state index in [9.17, 15) is 4.79 Å². The van der Waals surface area contributed by atoms with Crippen LogP contribution in [-0.2, 0) is 23.4 Å². The quantitative estimate of drug-likeness (QED) is 0.582. The van der Waals surface area contributed by atoms with Crippen molar-refractivity contribution in [2.75, 3.05) is 5.32 Å². The Balaban J connectivity index is 1.44. The molecule has 0 aromatic carbocycles. The Bertz CT molecular complexity index is 784. The smallest absolute Gasteiger partial charge is 0.227 e. The molecule has 0 bridgehead atoms. The van der Waals surface area contributed by atoms with E-state index in [-0.39, 0.29) is 12.3 Å². The molecule has 0 saturated heterocycles. The number of rotatable bonds is 8. The number of carbonyl (C=O) groups is 1. The molecule has 9 nitrogen and oxygen atoms in total. The number of hydrogen-bond donors (Lipinski definition) is 2. The first-order chi connectivity index (χ1) is 11.7. The van der Waals surface area contributed by atoms with Gasteiger partial charge in [-0.3, -0.25) is 9.89 Å². The van der Waals surface area contributed by atoms with Crippen LogP contribution in [0.25, 0.3) is 0 Å². The van der Waals surface area contributed by atoms with Crippen molar-refractivity contribution >= 4 is 34.1 Å². The third-order valence-electron chi connectivity index (χ3n) is 2.93. The summed E-state index contributed by atoms with van der Waals surface area (Å²) in [4.78, 5) is 24.3. The first kappa shape index (κ1) is 16.6. The molecule has 0 aliphatic rings. The summed E-state index contributed by atoms with van der Waals surface area (Å²) in [6, 6.07) is 0. The molecular formula is C13H15N7O2S2. The minimum atomic E-state index is -0.133. The summed E-state index contributed by atoms with van der Waals surface area (Å²) in [7, 11) is 0. The van der Waals surface area contributed by atoms with Crippen LogP contribution >= 0.6 is 23.1 Å². The van der Waals surface area contributed by atoms with Crippen LogP contribution < -0.4 is 5.32 Å². The van der Waals surface area contributed by atoms with Gasteiger partial charge in [-0.25, -0.2) is 9.97 Å². The number of anilines is 1. The Hall–Kier alpha value is -2.27. The van der Waals surface area contributed by atoms with E-state index in [0.29, 0.717) is 34.2 Å². The van der Waals surface area contributed by atoms with Crippen LogP contribution in [0.2, 0.25) is 0 Å². The summed E-state index contributed by atoms with van der Waals surface area (Å²) in [6.07, 6.45) is 3.09. The Morgan fingerprint density at radius 3 is 3.12 bits per heavy atom. The van der Waals surface area contributed by atoms with Gasteiger partial charge in [0.05, 0.1) is 5.75 Å². The molecular weight excluding hydrogens is 350 g/mol. The molecule has 11 heteroatoms. The number of thiazole rings is 1. The van der Waals surface area contributed by atoms with Gasteiger partial charge in [0.2, 0.25) is 17.0 Å². The predicted octanol–water partition coefficient (Wildman–Crippen LogP) is 2.07. The third kappa shape index (κ3) is 4.61. The Labute approximate surface area is 145 Å². The van der Waals surface area contributed by atoms with Crippen LogP contribution in [-0.4, -0.2) is 36.2 Å². The molecule has 3 aromatic heterocycles. The first-order valence-corrected chi connectivity index (χ1v) is 9.14. The number of nitrogens with one attached hydrogen (secondary N) is 2. The van der Waals surface area contributed by atoms with Gasteiger partial charge in [0, 0.05) is 30.8 Å². The van der Waals surface area contributed by atoms with Crippen molar-refractivity contribution in [2.24, 2.45) is 0 Å². The number of amides is 1. The second kappa shape index (κ2) is 8.02. The fourth-order valence-corrected chi connectivity index (χ4v) is 2.97. The predicted molar refractivity (Wildman–Crippen MR) is 88.7 cm³/mol. The highest BCUT2D eigenvalue weighted by Gasteiger charge is 2.11. The lowest BCUT2D eigenvalue weighted by Crippen LogP contribution is -2.12. The van der Waals surface area contributed by atoms with E-state index < -0.39 is 0 Å². The van der Waals surface area contributed by atoms with Crippen molar-refractivity contribution < 1.29 is 9.32 Å². The highest BCUT2D eigenvalue weighted by molar-refractivity contribution is 7.98. The van der Waals surface area contributed by atoms with Crippen molar-refractivity contribution in [3.05, 3.63) is 29.1 Å². The molecule has 0 unspecified atom stereocenters. The van der Waals surface area contributed by atoms with Gasteiger partial charge in [-0.05, 0) is 0 Å². The molecule has 0 saturated carbocycles. The SMILES string of the molecule is CCc1nc(SCc2noc(CCC(=O)Nc3nccs3)n2)n[nH]1. The topological polar surface area (TPSA) is 122 Å². The molecule has 2 N–H and O–H groups in total. The standard InChI is InChI=1S/C13H15N7O2S2/c1-2-8-16-13(19-18-8)24-7-9-15-11(22-20-9)4-3-10(21)17-12-14-5-6-23-12/h5-6H,2-4,7H2,1H3,(H,14,17,21)(H,16,18,19). The molecule has 24 heavy (non-hydrogen) atoms. The summed E-state index contributed by atoms with van der Waals surface area (Å²) in [5.41, 5.74) is 0. The van der Waals surface area contributed by atoms with Crippen LogP contribution in [0.4, 0.5) is 5.13 Å². The number of hydrogen-bond acceptors (Lipinski definition) is 9. The average molecular weight is 365 g/mol. The van der Waals surface area contributed by atoms with Crippen LogP contribution in [0.3, 0.4) is 0 Å². The number of aromatic nitrogens is 6. The van der Waals surface area contributed by atoms with Gasteiger partial charge >= 0.3 is 0 Å². The molecule has 3 heterocycles. The monoisotopic (exact) mass is 365 g/mol. The van der Waals surface area contributed by atoms with E-state index >= 15 is 0 Å². The van der Waals surface area contributed by atoms with Crippen molar-refractivity contribution in [1.29, 1.82) is 0 Å². The molecule has 3 aromatic rings. The number of carbonyl (C=O) groups excluding carboxylic acids is 1. The van der Waals surface area contributed by atoms with Crippen molar-refractivity contribution in [3.63, 3.8) is 0 Å². The largest absolute Gasteiger partial charge is 0.339 e. The number of thioether (sulfide) groups is 1. The highest BCUT2D eigenvalue weighted by atomic mass is 32.2. The van der Waals surface area contributed by atoms with E-state index in [4.69, 9.17) is 4.52 Å². The van der Waals surface area contributed by atoms with E-state index in [1.807, 2.05) is 6.92 Å². The maximum absolute atomic E-state index is 11.8. The molecule has 0 aliphatic heterocycles. The normalized spacial score (nSPS) is 10.9. The van der Waals surface area contributed by atoms with Crippen molar-refractivity contribution in [2.45, 2.75) is 37.1 Å². The first-order valence-electron chi connectivity index (χ1n) is 7.28. The lowest BCUT2D eigenvalue weighted by molar-refractivity contribution is -0.116. The van der Waals surface area contributed by atoms with Crippen LogP contribution in [0.5, 0.6) is 0 Å². The highest BCUT2D eigenvalue weighted by Crippen LogP contribution is 2.17. The molecule has 0 aliphatic carbocycles. The number of aromatic amines is 1. The zero-order chi connectivity index (χ0) is 16.8. The van der Waals surface area contributed by atoms with E-state index in [0.717, 1.165) is 12.2 Å². The molecule has 3 rings (SSSR count). The fraction of sp³-hybridized carbons (Fsp3) is 0.385. The Morgan fingerprint density at radius 2 is 2.38 bits per heavy atom. The lowest BCUT2D eigenvalue weighted by Gasteiger charge is -1.98. The number of H-pyrrole nitrogens is 1. The van der Waals surface area contributed by atoms with Gasteiger partial charge in [-0.15, -0.1) is 16.4 Å². The zero-order valence-electron chi connectivity index (χ0n) is 12.9. The molecule has 126 valence electrons. The maximum Gasteiger partial charge on any atom is 0.227 e. The minimum Gasteiger partial charge on any atom is -0.339 e. The summed E-state index contributed by atoms with van der Waals surface area (Å²) < 4.78 is 5.15. The Morgan fingerprint density at radius 1 is 1.46 bits per heavy atom. The van der Waals surface area contributed by atoms with Crippen LogP contribution in [0.15, 0.2) is 21.3 Å². The molecule has 0 radical (unpaired) electrons. The maximum atomic E-state index is 11.8. The number of aryl methyl sites for hydroxylation is 2. The summed E-state index contributed by atoms with van der Waals surface area (Å²) in [6.45, 7) is 2.01. The van der Waals surface area contributed by atoms with Crippen molar-refractivity contribution in [1.82, 2.24) is 30.3 Å².